The molecule has 0 spiro atoms. The summed E-state index contributed by atoms with van der Waals surface area (Å²) in [5.41, 5.74) is 3.67. The molecule has 2 nitrogen and oxygen atoms in total. The van der Waals surface area contributed by atoms with Crippen molar-refractivity contribution in [3.63, 3.8) is 0 Å². The van der Waals surface area contributed by atoms with Gasteiger partial charge in [0.1, 0.15) is 0 Å². The lowest BCUT2D eigenvalue weighted by atomic mass is 10.00. The standard InChI is InChI=1S/C16H12N2/c17-11-14-7-5-13(6-8-14)9-10-15-3-1-2-4-16(15)12-18/h1-8H,9-10H2. The lowest BCUT2D eigenvalue weighted by molar-refractivity contribution is 0.955. The Morgan fingerprint density at radius 3 is 2.17 bits per heavy atom. The number of nitriles is 2. The summed E-state index contributed by atoms with van der Waals surface area (Å²) < 4.78 is 0. The van der Waals surface area contributed by atoms with Gasteiger partial charge in [-0.3, -0.25) is 0 Å². The number of benzene rings is 2. The summed E-state index contributed by atoms with van der Waals surface area (Å²) in [5.74, 6) is 0. The van der Waals surface area contributed by atoms with Crippen molar-refractivity contribution in [3.05, 3.63) is 70.8 Å². The van der Waals surface area contributed by atoms with Crippen LogP contribution in [0.25, 0.3) is 0 Å². The molecule has 0 aliphatic rings. The largest absolute Gasteiger partial charge is 0.192 e. The molecule has 0 aliphatic carbocycles. The van der Waals surface area contributed by atoms with Crippen LogP contribution in [-0.2, 0) is 12.8 Å². The second-order valence-electron chi connectivity index (χ2n) is 4.08. The molecule has 2 heteroatoms. The smallest absolute Gasteiger partial charge is 0.0994 e. The van der Waals surface area contributed by atoms with Gasteiger partial charge in [-0.25, -0.2) is 0 Å². The van der Waals surface area contributed by atoms with Crippen molar-refractivity contribution < 1.29 is 0 Å². The van der Waals surface area contributed by atoms with E-state index in [1.807, 2.05) is 48.5 Å². The van der Waals surface area contributed by atoms with E-state index in [-0.39, 0.29) is 0 Å². The molecule has 0 saturated heterocycles. The van der Waals surface area contributed by atoms with Crippen LogP contribution in [0.15, 0.2) is 48.5 Å². The predicted molar refractivity (Wildman–Crippen MR) is 69.7 cm³/mol. The van der Waals surface area contributed by atoms with E-state index < -0.39 is 0 Å². The molecule has 0 bridgehead atoms. The minimum Gasteiger partial charge on any atom is -0.192 e. The number of nitrogens with zero attached hydrogens (tertiary/aromatic N) is 2. The van der Waals surface area contributed by atoms with Crippen molar-refractivity contribution in [3.8, 4) is 12.1 Å². The third-order valence-corrected chi connectivity index (χ3v) is 2.90. The zero-order chi connectivity index (χ0) is 12.8. The average Bonchev–Trinajstić information content (AvgIpc) is 2.46. The van der Waals surface area contributed by atoms with Crippen molar-refractivity contribution in [2.24, 2.45) is 0 Å². The number of aryl methyl sites for hydroxylation is 2. The van der Waals surface area contributed by atoms with Crippen molar-refractivity contribution in [1.82, 2.24) is 0 Å². The van der Waals surface area contributed by atoms with E-state index in [2.05, 4.69) is 12.1 Å². The van der Waals surface area contributed by atoms with E-state index in [9.17, 15) is 0 Å². The van der Waals surface area contributed by atoms with Crippen LogP contribution in [0.4, 0.5) is 0 Å². The summed E-state index contributed by atoms with van der Waals surface area (Å²) in [5, 5.41) is 17.7. The SMILES string of the molecule is N#Cc1ccc(CCc2ccccc2C#N)cc1. The van der Waals surface area contributed by atoms with Gasteiger partial charge in [0.2, 0.25) is 0 Å². The van der Waals surface area contributed by atoms with Crippen molar-refractivity contribution in [1.29, 1.82) is 10.5 Å². The van der Waals surface area contributed by atoms with Crippen molar-refractivity contribution >= 4 is 0 Å². The Hall–Kier alpha value is -2.58. The average molecular weight is 232 g/mol. The predicted octanol–water partition coefficient (Wildman–Crippen LogP) is 3.22. The Bertz CT molecular complexity index is 613. The molecular formula is C16H12N2. The van der Waals surface area contributed by atoms with Gasteiger partial charge in [0.15, 0.2) is 0 Å². The highest BCUT2D eigenvalue weighted by Crippen LogP contribution is 2.12. The molecule has 86 valence electrons. The minimum absolute atomic E-state index is 0.677. The molecular weight excluding hydrogens is 220 g/mol. The molecule has 0 aromatic heterocycles. The van der Waals surface area contributed by atoms with Gasteiger partial charge >= 0.3 is 0 Å². The van der Waals surface area contributed by atoms with Crippen LogP contribution in [0.2, 0.25) is 0 Å². The fourth-order valence-electron chi connectivity index (χ4n) is 1.87. The summed E-state index contributed by atoms with van der Waals surface area (Å²) in [7, 11) is 0. The van der Waals surface area contributed by atoms with Crippen LogP contribution in [0.1, 0.15) is 22.3 Å². The number of hydrogen-bond acceptors (Lipinski definition) is 2. The first-order chi connectivity index (χ1) is 8.83. The lowest BCUT2D eigenvalue weighted by Gasteiger charge is -2.04. The van der Waals surface area contributed by atoms with Gasteiger partial charge in [-0.1, -0.05) is 30.3 Å². The first-order valence-electron chi connectivity index (χ1n) is 5.80. The van der Waals surface area contributed by atoms with Gasteiger partial charge in [-0.2, -0.15) is 10.5 Å². The molecule has 2 rings (SSSR count). The van der Waals surface area contributed by atoms with Crippen LogP contribution in [0.3, 0.4) is 0 Å². The Balaban J connectivity index is 2.07. The highest BCUT2D eigenvalue weighted by atomic mass is 14.2. The van der Waals surface area contributed by atoms with Gasteiger partial charge in [-0.15, -0.1) is 0 Å². The maximum absolute atomic E-state index is 9.00. The van der Waals surface area contributed by atoms with Gasteiger partial charge in [0.25, 0.3) is 0 Å². The summed E-state index contributed by atoms with van der Waals surface area (Å²) in [6.07, 6.45) is 1.72. The van der Waals surface area contributed by atoms with E-state index in [0.717, 1.165) is 24.0 Å². The fourth-order valence-corrected chi connectivity index (χ4v) is 1.87. The normalized spacial score (nSPS) is 9.44. The third kappa shape index (κ3) is 2.75. The maximum Gasteiger partial charge on any atom is 0.0994 e. The van der Waals surface area contributed by atoms with E-state index in [1.54, 1.807) is 0 Å². The Morgan fingerprint density at radius 1 is 0.778 bits per heavy atom. The van der Waals surface area contributed by atoms with E-state index in [4.69, 9.17) is 10.5 Å². The zero-order valence-electron chi connectivity index (χ0n) is 9.93. The number of rotatable bonds is 3. The van der Waals surface area contributed by atoms with E-state index in [0.29, 0.717) is 5.56 Å². The van der Waals surface area contributed by atoms with Crippen LogP contribution < -0.4 is 0 Å². The Labute approximate surface area is 107 Å². The Morgan fingerprint density at radius 2 is 1.50 bits per heavy atom. The summed E-state index contributed by atoms with van der Waals surface area (Å²) in [6.45, 7) is 0. The molecule has 0 unspecified atom stereocenters. The lowest BCUT2D eigenvalue weighted by Crippen LogP contribution is -1.94. The zero-order valence-corrected chi connectivity index (χ0v) is 9.93. The highest BCUT2D eigenvalue weighted by molar-refractivity contribution is 5.38. The second-order valence-corrected chi connectivity index (χ2v) is 4.08. The third-order valence-electron chi connectivity index (χ3n) is 2.90. The van der Waals surface area contributed by atoms with Crippen LogP contribution in [0.5, 0.6) is 0 Å². The van der Waals surface area contributed by atoms with Crippen molar-refractivity contribution in [2.45, 2.75) is 12.8 Å². The molecule has 18 heavy (non-hydrogen) atoms. The highest BCUT2D eigenvalue weighted by Gasteiger charge is 2.01. The quantitative estimate of drug-likeness (QED) is 0.815. The molecule has 2 aromatic rings. The minimum atomic E-state index is 0.677. The van der Waals surface area contributed by atoms with E-state index in [1.165, 1.54) is 5.56 Å². The molecule has 0 saturated carbocycles. The van der Waals surface area contributed by atoms with Gasteiger partial charge < -0.3 is 0 Å². The molecule has 0 heterocycles. The summed E-state index contributed by atoms with van der Waals surface area (Å²) in [6, 6.07) is 19.6. The summed E-state index contributed by atoms with van der Waals surface area (Å²) >= 11 is 0. The van der Waals surface area contributed by atoms with Crippen LogP contribution in [0, 0.1) is 22.7 Å². The van der Waals surface area contributed by atoms with E-state index >= 15 is 0 Å². The van der Waals surface area contributed by atoms with Crippen LogP contribution in [-0.4, -0.2) is 0 Å². The van der Waals surface area contributed by atoms with Crippen LogP contribution >= 0.6 is 0 Å². The Kier molecular flexibility index (Phi) is 3.74. The molecule has 2 aromatic carbocycles. The maximum atomic E-state index is 9.00. The van der Waals surface area contributed by atoms with Gasteiger partial charge in [0, 0.05) is 0 Å². The number of hydrogen-bond donors (Lipinski definition) is 0. The second kappa shape index (κ2) is 5.66. The molecule has 0 radical (unpaired) electrons. The molecule has 0 amide bonds. The molecule has 0 fully saturated rings. The molecule has 0 aliphatic heterocycles. The monoisotopic (exact) mass is 232 g/mol. The summed E-state index contributed by atoms with van der Waals surface area (Å²) in [4.78, 5) is 0. The topological polar surface area (TPSA) is 47.6 Å². The first-order valence-corrected chi connectivity index (χ1v) is 5.80. The molecule has 0 N–H and O–H groups in total. The van der Waals surface area contributed by atoms with Gasteiger partial charge in [0.05, 0.1) is 23.3 Å². The first kappa shape index (κ1) is 11.9. The van der Waals surface area contributed by atoms with Gasteiger partial charge in [-0.05, 0) is 42.2 Å². The van der Waals surface area contributed by atoms with Crippen molar-refractivity contribution in [2.75, 3.05) is 0 Å². The fraction of sp³-hybridized carbons (Fsp3) is 0.125. The molecule has 0 atom stereocenters.